The van der Waals surface area contributed by atoms with Crippen LogP contribution in [0.4, 0.5) is 17.3 Å². The van der Waals surface area contributed by atoms with Gasteiger partial charge in [-0.05, 0) is 12.1 Å². The van der Waals surface area contributed by atoms with Gasteiger partial charge in [-0.3, -0.25) is 4.42 Å². The van der Waals surface area contributed by atoms with Crippen LogP contribution in [0.1, 0.15) is 9.99 Å². The van der Waals surface area contributed by atoms with Gasteiger partial charge in [-0.15, -0.1) is 0 Å². The first-order valence-electron chi connectivity index (χ1n) is 3.72. The van der Waals surface area contributed by atoms with E-state index in [0.29, 0.717) is 0 Å². The molecule has 0 atom stereocenters. The largest absolute Gasteiger partial charge is 0.673 e. The van der Waals surface area contributed by atoms with E-state index in [9.17, 15) is 17.3 Å². The van der Waals surface area contributed by atoms with Gasteiger partial charge in [0.05, 0.1) is 5.56 Å². The van der Waals surface area contributed by atoms with Gasteiger partial charge in [0.2, 0.25) is 0 Å². The predicted octanol–water partition coefficient (Wildman–Crippen LogP) is 2.96. The second kappa shape index (κ2) is 6.18. The summed E-state index contributed by atoms with van der Waals surface area (Å²) in [5.41, 5.74) is 1.10. The van der Waals surface area contributed by atoms with Crippen LogP contribution in [0.3, 0.4) is 0 Å². The smallest absolute Gasteiger partial charge is 0.418 e. The molecular formula is C8H9BF4O. The summed E-state index contributed by atoms with van der Waals surface area (Å²) in [5.74, 6) is 0. The van der Waals surface area contributed by atoms with E-state index in [4.69, 9.17) is 4.42 Å². The molecular weight excluding hydrogens is 199 g/mol. The first-order chi connectivity index (χ1) is 6.43. The molecule has 0 aliphatic rings. The highest BCUT2D eigenvalue weighted by atomic mass is 19.5. The normalized spacial score (nSPS) is 10.9. The van der Waals surface area contributed by atoms with Crippen LogP contribution < -0.4 is 0 Å². The van der Waals surface area contributed by atoms with Gasteiger partial charge in [0.25, 0.3) is 7.11 Å². The molecule has 0 bridgehead atoms. The number of rotatable bonds is 1. The van der Waals surface area contributed by atoms with Crippen LogP contribution in [0.25, 0.3) is 0 Å². The van der Waals surface area contributed by atoms with E-state index in [2.05, 4.69) is 0 Å². The van der Waals surface area contributed by atoms with Crippen molar-refractivity contribution in [1.29, 1.82) is 0 Å². The number of halogens is 4. The quantitative estimate of drug-likeness (QED) is 0.291. The lowest BCUT2D eigenvalue weighted by Gasteiger charge is -1.94. The number of aldehydes is 1. The summed E-state index contributed by atoms with van der Waals surface area (Å²) in [6.07, 6.45) is 1.71. The summed E-state index contributed by atoms with van der Waals surface area (Å²) < 4.78 is 43.8. The van der Waals surface area contributed by atoms with Crippen molar-refractivity contribution in [2.75, 3.05) is 7.11 Å². The van der Waals surface area contributed by atoms with Gasteiger partial charge in [0, 0.05) is 0 Å². The molecule has 0 unspecified atom stereocenters. The highest BCUT2D eigenvalue weighted by Crippen LogP contribution is 2.06. The lowest BCUT2D eigenvalue weighted by molar-refractivity contribution is -0.217. The second-order valence-electron chi connectivity index (χ2n) is 2.26. The zero-order valence-corrected chi connectivity index (χ0v) is 7.46. The van der Waals surface area contributed by atoms with Gasteiger partial charge < -0.3 is 17.3 Å². The molecule has 6 heteroatoms. The van der Waals surface area contributed by atoms with Crippen molar-refractivity contribution in [3.05, 3.63) is 35.9 Å². The minimum absolute atomic E-state index is 1.10. The molecule has 1 aromatic carbocycles. The maximum Gasteiger partial charge on any atom is 0.673 e. The summed E-state index contributed by atoms with van der Waals surface area (Å²) in [6, 6.07) is 9.91. The fraction of sp³-hybridized carbons (Fsp3) is 0.125. The van der Waals surface area contributed by atoms with Gasteiger partial charge in [0.1, 0.15) is 0 Å². The molecule has 14 heavy (non-hydrogen) atoms. The molecule has 0 aliphatic carbocycles. The Hall–Kier alpha value is -1.33. The standard InChI is InChI=1S/C8H9O.BF4/c1-9-7-8-5-3-2-4-6-8;2-1(3,4)5/h2-7H,1H3;/q+1;-1. The van der Waals surface area contributed by atoms with Crippen LogP contribution >= 0.6 is 0 Å². The topological polar surface area (TPSA) is 11.3 Å². The molecule has 1 aromatic rings. The Morgan fingerprint density at radius 1 is 1.07 bits per heavy atom. The third-order valence-corrected chi connectivity index (χ3v) is 1.05. The van der Waals surface area contributed by atoms with E-state index < -0.39 is 7.25 Å². The Morgan fingerprint density at radius 2 is 1.50 bits per heavy atom. The number of hydrogen-bond donors (Lipinski definition) is 0. The summed E-state index contributed by atoms with van der Waals surface area (Å²) in [7, 11) is -4.35. The Kier molecular flexibility index (Phi) is 5.59. The lowest BCUT2D eigenvalue weighted by Crippen LogP contribution is -2.02. The average Bonchev–Trinajstić information content (AvgIpc) is 2.03. The summed E-state index contributed by atoms with van der Waals surface area (Å²) in [4.78, 5) is 0. The maximum atomic E-state index is 9.75. The van der Waals surface area contributed by atoms with E-state index >= 15 is 0 Å². The molecule has 0 amide bonds. The molecule has 0 saturated heterocycles. The van der Waals surface area contributed by atoms with Crippen LogP contribution in [0, 0.1) is 0 Å². The van der Waals surface area contributed by atoms with Gasteiger partial charge in [-0.2, -0.15) is 0 Å². The van der Waals surface area contributed by atoms with Crippen LogP contribution in [0.15, 0.2) is 30.3 Å². The van der Waals surface area contributed by atoms with Crippen LogP contribution in [0.2, 0.25) is 0 Å². The minimum Gasteiger partial charge on any atom is -0.418 e. The molecule has 0 spiro atoms. The van der Waals surface area contributed by atoms with Crippen molar-refractivity contribution in [3.8, 4) is 0 Å². The highest BCUT2D eigenvalue weighted by Gasteiger charge is 2.20. The molecule has 0 aliphatic heterocycles. The molecule has 0 fully saturated rings. The zero-order chi connectivity index (χ0) is 11.0. The maximum absolute atomic E-state index is 9.75. The van der Waals surface area contributed by atoms with E-state index in [1.54, 1.807) is 13.4 Å². The van der Waals surface area contributed by atoms with Crippen molar-refractivity contribution in [1.82, 2.24) is 0 Å². The Morgan fingerprint density at radius 3 is 1.86 bits per heavy atom. The minimum atomic E-state index is -6.00. The van der Waals surface area contributed by atoms with Gasteiger partial charge >= 0.3 is 13.5 Å². The number of carbonyl (C=O) groups excluding carboxylic acids is 1. The molecule has 0 aromatic heterocycles. The lowest BCUT2D eigenvalue weighted by atomic mass is 10.2. The molecule has 78 valence electrons. The molecule has 0 heterocycles. The highest BCUT2D eigenvalue weighted by molar-refractivity contribution is 6.50. The zero-order valence-electron chi connectivity index (χ0n) is 7.46. The first kappa shape index (κ1) is 12.7. The van der Waals surface area contributed by atoms with Crippen LogP contribution in [-0.2, 0) is 0 Å². The Bertz CT molecular complexity index is 264. The van der Waals surface area contributed by atoms with Crippen molar-refractivity contribution in [2.24, 2.45) is 0 Å². The fourth-order valence-electron chi connectivity index (χ4n) is 0.668. The van der Waals surface area contributed by atoms with Gasteiger partial charge in [-0.25, -0.2) is 0 Å². The molecule has 0 N–H and O–H groups in total. The van der Waals surface area contributed by atoms with Crippen LogP contribution in [-0.4, -0.2) is 20.7 Å². The fourth-order valence-corrected chi connectivity index (χ4v) is 0.668. The first-order valence-corrected chi connectivity index (χ1v) is 3.72. The Balaban J connectivity index is 0.000000292. The van der Waals surface area contributed by atoms with Crippen molar-refractivity contribution < 1.29 is 21.7 Å². The summed E-state index contributed by atoms with van der Waals surface area (Å²) in [6.45, 7) is 0. The summed E-state index contributed by atoms with van der Waals surface area (Å²) >= 11 is 0. The average molecular weight is 208 g/mol. The molecule has 0 radical (unpaired) electrons. The van der Waals surface area contributed by atoms with Crippen molar-refractivity contribution in [3.63, 3.8) is 0 Å². The third-order valence-electron chi connectivity index (χ3n) is 1.05. The predicted molar refractivity (Wildman–Crippen MR) is 47.9 cm³/mol. The van der Waals surface area contributed by atoms with E-state index in [1.165, 1.54) is 0 Å². The molecule has 1 nitrogen and oxygen atoms in total. The number of benzene rings is 1. The van der Waals surface area contributed by atoms with Crippen molar-refractivity contribution >= 4 is 13.5 Å². The third kappa shape index (κ3) is 10.7. The SMILES string of the molecule is C[O+]=Cc1ccccc1.F[B-](F)(F)F. The molecule has 0 saturated carbocycles. The van der Waals surface area contributed by atoms with Gasteiger partial charge in [0.15, 0.2) is 0 Å². The van der Waals surface area contributed by atoms with E-state index in [1.807, 2.05) is 30.3 Å². The number of hydrogen-bond acceptors (Lipinski definition) is 0. The van der Waals surface area contributed by atoms with Crippen molar-refractivity contribution in [2.45, 2.75) is 0 Å². The van der Waals surface area contributed by atoms with Gasteiger partial charge in [-0.1, -0.05) is 18.2 Å². The Labute approximate surface area is 79.2 Å². The summed E-state index contributed by atoms with van der Waals surface area (Å²) in [5, 5.41) is 0. The van der Waals surface area contributed by atoms with E-state index in [-0.39, 0.29) is 0 Å². The van der Waals surface area contributed by atoms with E-state index in [0.717, 1.165) is 5.56 Å². The monoisotopic (exact) mass is 208 g/mol. The molecule has 1 rings (SSSR count). The second-order valence-corrected chi connectivity index (χ2v) is 2.26. The van der Waals surface area contributed by atoms with Crippen LogP contribution in [0.5, 0.6) is 0 Å².